The molecule has 198 valence electrons. The average molecular weight is 524 g/mol. The number of carbonyl (C=O) groups excluding carboxylic acids is 1. The second-order valence-electron chi connectivity index (χ2n) is 9.44. The van der Waals surface area contributed by atoms with E-state index in [0.717, 1.165) is 22.8 Å². The molecule has 2 atom stereocenters. The second-order valence-corrected chi connectivity index (χ2v) is 9.44. The van der Waals surface area contributed by atoms with Crippen molar-refractivity contribution in [2.24, 2.45) is 11.7 Å². The van der Waals surface area contributed by atoms with Gasteiger partial charge in [0.05, 0.1) is 23.9 Å². The fraction of sp³-hybridized carbons (Fsp3) is 0.207. The molecule has 3 aromatic heterocycles. The number of nitrogens with zero attached hydrogens (tertiary/aromatic N) is 4. The highest BCUT2D eigenvalue weighted by Crippen LogP contribution is 2.27. The molecule has 1 aliphatic rings. The molecule has 0 bridgehead atoms. The Balaban J connectivity index is 1.78. The van der Waals surface area contributed by atoms with Crippen LogP contribution >= 0.6 is 0 Å². The summed E-state index contributed by atoms with van der Waals surface area (Å²) in [7, 11) is 1.57. The van der Waals surface area contributed by atoms with E-state index >= 15 is 0 Å². The highest BCUT2D eigenvalue weighted by Gasteiger charge is 2.23. The fourth-order valence-corrected chi connectivity index (χ4v) is 4.99. The zero-order chi connectivity index (χ0) is 27.7. The molecule has 1 aliphatic carbocycles. The predicted molar refractivity (Wildman–Crippen MR) is 150 cm³/mol. The molecule has 5 N–H and O–H groups in total. The van der Waals surface area contributed by atoms with Crippen LogP contribution in [0, 0.1) is 5.92 Å². The van der Waals surface area contributed by atoms with Gasteiger partial charge in [-0.25, -0.2) is 9.97 Å². The second kappa shape index (κ2) is 10.4. The van der Waals surface area contributed by atoms with Crippen molar-refractivity contribution in [3.8, 4) is 11.6 Å². The summed E-state index contributed by atoms with van der Waals surface area (Å²) in [6, 6.07) is 14.7. The summed E-state index contributed by atoms with van der Waals surface area (Å²) in [5.41, 5.74) is 14.5. The van der Waals surface area contributed by atoms with Gasteiger partial charge >= 0.3 is 0 Å². The Labute approximate surface area is 224 Å². The summed E-state index contributed by atoms with van der Waals surface area (Å²) in [5, 5.41) is 4.68. The minimum atomic E-state index is -0.690. The van der Waals surface area contributed by atoms with Gasteiger partial charge < -0.3 is 21.5 Å². The summed E-state index contributed by atoms with van der Waals surface area (Å²) in [5.74, 6) is 0.0847. The number of benzene rings is 1. The van der Waals surface area contributed by atoms with Gasteiger partial charge in [0.15, 0.2) is 0 Å². The van der Waals surface area contributed by atoms with Crippen molar-refractivity contribution in [1.29, 1.82) is 0 Å². The number of fused-ring (bicyclic) bond motifs is 1. The third kappa shape index (κ3) is 4.84. The molecular formula is C29H29N7O3. The molecule has 4 aromatic rings. The third-order valence-corrected chi connectivity index (χ3v) is 6.86. The van der Waals surface area contributed by atoms with Crippen LogP contribution in [0.25, 0.3) is 17.3 Å². The minimum absolute atomic E-state index is 0.00469. The molecular weight excluding hydrogens is 494 g/mol. The standard InChI is InChI=1S/C29H29N7O3/c1-16-9-10-18-13-22(17(2)34-27-21(26(30)37)15-33-29(31)35-27)36(20-7-5-4-6-8-20)28(38)25(18)24(16)19-11-12-32-23(14-19)39-3/h4-8,10-17H,9H2,1-3H3,(H2,30,37)(H3,31,33,34,35)/t16?,17-/m0/s1. The predicted octanol–water partition coefficient (Wildman–Crippen LogP) is 1.90. The van der Waals surface area contributed by atoms with Gasteiger partial charge in [-0.3, -0.25) is 14.2 Å². The van der Waals surface area contributed by atoms with Crippen LogP contribution < -0.4 is 37.5 Å². The van der Waals surface area contributed by atoms with Gasteiger partial charge in [-0.1, -0.05) is 31.2 Å². The van der Waals surface area contributed by atoms with Crippen molar-refractivity contribution < 1.29 is 9.53 Å². The Bertz CT molecular complexity index is 1750. The van der Waals surface area contributed by atoms with E-state index in [1.807, 2.05) is 55.5 Å². The lowest BCUT2D eigenvalue weighted by atomic mass is 9.86. The van der Waals surface area contributed by atoms with Crippen LogP contribution in [0.5, 0.6) is 5.88 Å². The van der Waals surface area contributed by atoms with Gasteiger partial charge in [0.2, 0.25) is 11.8 Å². The lowest BCUT2D eigenvalue weighted by molar-refractivity contribution is 0.100. The molecule has 0 fully saturated rings. The number of hydrogen-bond acceptors (Lipinski definition) is 8. The molecule has 1 aromatic carbocycles. The molecule has 0 saturated carbocycles. The number of anilines is 2. The van der Waals surface area contributed by atoms with Crippen LogP contribution in [0.1, 0.15) is 47.9 Å². The maximum Gasteiger partial charge on any atom is 0.263 e. The van der Waals surface area contributed by atoms with Crippen LogP contribution in [0.4, 0.5) is 11.8 Å². The topological polar surface area (TPSA) is 151 Å². The number of rotatable bonds is 7. The number of para-hydroxylation sites is 1. The molecule has 3 heterocycles. The van der Waals surface area contributed by atoms with E-state index in [2.05, 4.69) is 33.3 Å². The summed E-state index contributed by atoms with van der Waals surface area (Å²) >= 11 is 0. The summed E-state index contributed by atoms with van der Waals surface area (Å²) < 4.78 is 7.05. The minimum Gasteiger partial charge on any atom is -0.481 e. The summed E-state index contributed by atoms with van der Waals surface area (Å²) in [6.07, 6.45) is 5.83. The Morgan fingerprint density at radius 1 is 1.18 bits per heavy atom. The first-order valence-corrected chi connectivity index (χ1v) is 12.5. The zero-order valence-corrected chi connectivity index (χ0v) is 21.9. The van der Waals surface area contributed by atoms with Crippen LogP contribution in [0.3, 0.4) is 0 Å². The van der Waals surface area contributed by atoms with E-state index < -0.39 is 11.9 Å². The van der Waals surface area contributed by atoms with E-state index in [-0.39, 0.29) is 28.8 Å². The molecule has 39 heavy (non-hydrogen) atoms. The number of carbonyl (C=O) groups is 1. The third-order valence-electron chi connectivity index (χ3n) is 6.86. The molecule has 5 rings (SSSR count). The van der Waals surface area contributed by atoms with Crippen molar-refractivity contribution in [1.82, 2.24) is 19.5 Å². The van der Waals surface area contributed by atoms with E-state index in [1.54, 1.807) is 17.9 Å². The smallest absolute Gasteiger partial charge is 0.263 e. The lowest BCUT2D eigenvalue weighted by Gasteiger charge is -2.24. The highest BCUT2D eigenvalue weighted by atomic mass is 16.5. The Morgan fingerprint density at radius 3 is 2.67 bits per heavy atom. The van der Waals surface area contributed by atoms with Crippen molar-refractivity contribution in [2.45, 2.75) is 26.3 Å². The average Bonchev–Trinajstić information content (AvgIpc) is 2.93. The van der Waals surface area contributed by atoms with Crippen LogP contribution in [-0.2, 0) is 0 Å². The molecule has 0 aliphatic heterocycles. The van der Waals surface area contributed by atoms with Crippen molar-refractivity contribution in [2.75, 3.05) is 18.2 Å². The van der Waals surface area contributed by atoms with Gasteiger partial charge in [-0.05, 0) is 59.9 Å². The Hall–Kier alpha value is -4.99. The van der Waals surface area contributed by atoms with Gasteiger partial charge in [0.1, 0.15) is 5.82 Å². The number of methoxy groups -OCH3 is 1. The Morgan fingerprint density at radius 2 is 1.95 bits per heavy atom. The van der Waals surface area contributed by atoms with E-state index in [1.165, 1.54) is 6.20 Å². The number of nitrogens with two attached hydrogens (primary N) is 2. The van der Waals surface area contributed by atoms with Crippen LogP contribution in [0.2, 0.25) is 0 Å². The number of nitrogens with one attached hydrogen (secondary N) is 1. The molecule has 0 saturated heterocycles. The van der Waals surface area contributed by atoms with Gasteiger partial charge in [0, 0.05) is 29.8 Å². The largest absolute Gasteiger partial charge is 0.481 e. The first-order valence-electron chi connectivity index (χ1n) is 12.5. The number of hydrogen-bond donors (Lipinski definition) is 3. The van der Waals surface area contributed by atoms with Crippen molar-refractivity contribution in [3.05, 3.63) is 98.5 Å². The summed E-state index contributed by atoms with van der Waals surface area (Å²) in [4.78, 5) is 38.8. The number of primary amides is 1. The van der Waals surface area contributed by atoms with Crippen LogP contribution in [-0.4, -0.2) is 32.5 Å². The first-order chi connectivity index (χ1) is 18.8. The quantitative estimate of drug-likeness (QED) is 0.332. The van der Waals surface area contributed by atoms with Crippen molar-refractivity contribution in [3.63, 3.8) is 0 Å². The van der Waals surface area contributed by atoms with E-state index in [0.29, 0.717) is 22.5 Å². The van der Waals surface area contributed by atoms with E-state index in [9.17, 15) is 9.59 Å². The summed E-state index contributed by atoms with van der Waals surface area (Å²) in [6.45, 7) is 3.99. The van der Waals surface area contributed by atoms with Gasteiger partial charge in [-0.2, -0.15) is 4.98 Å². The maximum atomic E-state index is 14.4. The normalized spacial score (nSPS) is 15.2. The Kier molecular flexibility index (Phi) is 6.84. The fourth-order valence-electron chi connectivity index (χ4n) is 4.99. The molecule has 0 radical (unpaired) electrons. The lowest BCUT2D eigenvalue weighted by Crippen LogP contribution is -2.49. The van der Waals surface area contributed by atoms with E-state index in [4.69, 9.17) is 16.2 Å². The first kappa shape index (κ1) is 25.7. The number of amides is 1. The van der Waals surface area contributed by atoms with Crippen molar-refractivity contribution >= 4 is 29.3 Å². The molecule has 10 heteroatoms. The number of ether oxygens (including phenoxy) is 1. The monoisotopic (exact) mass is 523 g/mol. The maximum absolute atomic E-state index is 14.4. The SMILES string of the molecule is COc1cc(C2=c3c(cc([C@H](C)Nc4nc(N)ncc4C(N)=O)n(-c4ccccc4)c3=O)=CCC2C)ccn1. The molecule has 1 unspecified atom stereocenters. The number of nitrogen functional groups attached to an aromatic ring is 1. The van der Waals surface area contributed by atoms with Gasteiger partial charge in [0.25, 0.3) is 11.5 Å². The number of aromatic nitrogens is 4. The zero-order valence-electron chi connectivity index (χ0n) is 21.9. The number of pyridine rings is 2. The molecule has 0 spiro atoms. The van der Waals surface area contributed by atoms with Crippen LogP contribution in [0.15, 0.2) is 65.7 Å². The highest BCUT2D eigenvalue weighted by molar-refractivity contribution is 5.97. The molecule has 10 nitrogen and oxygen atoms in total. The van der Waals surface area contributed by atoms with Gasteiger partial charge in [-0.15, -0.1) is 0 Å². The molecule has 1 amide bonds.